The molecule has 148 valence electrons. The highest BCUT2D eigenvalue weighted by molar-refractivity contribution is 6.23. The zero-order valence-corrected chi connectivity index (χ0v) is 16.1. The Bertz CT molecular complexity index is 972. The van der Waals surface area contributed by atoms with Crippen LogP contribution < -0.4 is 15.0 Å². The number of imide groups is 1. The molecule has 6 heteroatoms. The van der Waals surface area contributed by atoms with Crippen molar-refractivity contribution in [1.82, 2.24) is 0 Å². The van der Waals surface area contributed by atoms with Crippen molar-refractivity contribution in [1.29, 1.82) is 0 Å². The summed E-state index contributed by atoms with van der Waals surface area (Å²) in [6.07, 6.45) is 3.09. The third-order valence-electron chi connectivity index (χ3n) is 6.64. The molecule has 0 unspecified atom stereocenters. The van der Waals surface area contributed by atoms with Crippen molar-refractivity contribution in [3.63, 3.8) is 0 Å². The first-order valence-corrected chi connectivity index (χ1v) is 10.00. The van der Waals surface area contributed by atoms with Gasteiger partial charge in [-0.15, -0.1) is 0 Å². The normalized spacial score (nSPS) is 27.3. The van der Waals surface area contributed by atoms with E-state index in [4.69, 9.17) is 4.74 Å². The molecular formula is C23H22N2O4. The van der Waals surface area contributed by atoms with Crippen molar-refractivity contribution in [2.24, 2.45) is 23.7 Å². The van der Waals surface area contributed by atoms with E-state index >= 15 is 0 Å². The second kappa shape index (κ2) is 6.72. The summed E-state index contributed by atoms with van der Waals surface area (Å²) < 4.78 is 5.12. The average molecular weight is 390 g/mol. The van der Waals surface area contributed by atoms with Crippen molar-refractivity contribution >= 4 is 29.1 Å². The van der Waals surface area contributed by atoms with Crippen LogP contribution in [0.2, 0.25) is 0 Å². The van der Waals surface area contributed by atoms with Gasteiger partial charge in [0.1, 0.15) is 5.75 Å². The minimum atomic E-state index is -0.295. The molecule has 2 aromatic carbocycles. The van der Waals surface area contributed by atoms with E-state index in [9.17, 15) is 14.4 Å². The van der Waals surface area contributed by atoms with Crippen molar-refractivity contribution < 1.29 is 19.1 Å². The third kappa shape index (κ3) is 2.82. The minimum absolute atomic E-state index is 0.0973. The van der Waals surface area contributed by atoms with Crippen LogP contribution in [0.1, 0.15) is 29.6 Å². The fourth-order valence-corrected chi connectivity index (χ4v) is 5.33. The maximum atomic E-state index is 13.0. The van der Waals surface area contributed by atoms with Gasteiger partial charge < -0.3 is 10.1 Å². The fourth-order valence-electron chi connectivity index (χ4n) is 5.33. The van der Waals surface area contributed by atoms with Crippen LogP contribution in [-0.4, -0.2) is 24.8 Å². The van der Waals surface area contributed by atoms with Crippen molar-refractivity contribution in [2.45, 2.75) is 19.3 Å². The number of fused-ring (bicyclic) bond motifs is 5. The third-order valence-corrected chi connectivity index (χ3v) is 6.64. The van der Waals surface area contributed by atoms with Gasteiger partial charge in [0.25, 0.3) is 5.91 Å². The summed E-state index contributed by atoms with van der Waals surface area (Å²) in [6, 6.07) is 13.8. The Morgan fingerprint density at radius 1 is 1.00 bits per heavy atom. The molecule has 3 aliphatic rings. The Kier molecular flexibility index (Phi) is 4.15. The van der Waals surface area contributed by atoms with E-state index in [1.54, 1.807) is 55.6 Å². The molecule has 29 heavy (non-hydrogen) atoms. The molecule has 2 aromatic rings. The van der Waals surface area contributed by atoms with Crippen LogP contribution in [0.4, 0.5) is 11.4 Å². The topological polar surface area (TPSA) is 75.7 Å². The summed E-state index contributed by atoms with van der Waals surface area (Å²) in [5.74, 6) is 0.559. The van der Waals surface area contributed by atoms with Crippen LogP contribution in [0.5, 0.6) is 5.75 Å². The van der Waals surface area contributed by atoms with Gasteiger partial charge in [0.15, 0.2) is 0 Å². The molecule has 1 heterocycles. The van der Waals surface area contributed by atoms with E-state index < -0.39 is 0 Å². The van der Waals surface area contributed by atoms with Crippen molar-refractivity contribution in [3.05, 3.63) is 54.1 Å². The zero-order valence-electron chi connectivity index (χ0n) is 16.1. The molecule has 2 aliphatic carbocycles. The lowest BCUT2D eigenvalue weighted by atomic mass is 9.81. The maximum absolute atomic E-state index is 13.0. The number of anilines is 2. The monoisotopic (exact) mass is 390 g/mol. The Balaban J connectivity index is 1.37. The van der Waals surface area contributed by atoms with Crippen LogP contribution >= 0.6 is 0 Å². The minimum Gasteiger partial charge on any atom is -0.497 e. The SMILES string of the molecule is COc1ccc(NC(=O)c2cccc(N3C(=O)[C@@H]4[C@@H]5CC[C@H](C5)[C@@H]4C3=O)c2)cc1. The predicted octanol–water partition coefficient (Wildman–Crippen LogP) is 3.48. The number of carbonyl (C=O) groups is 3. The first-order chi connectivity index (χ1) is 14.1. The number of hydrogen-bond acceptors (Lipinski definition) is 4. The molecule has 1 saturated heterocycles. The quantitative estimate of drug-likeness (QED) is 0.811. The summed E-state index contributed by atoms with van der Waals surface area (Å²) in [4.78, 5) is 40.0. The summed E-state index contributed by atoms with van der Waals surface area (Å²) in [5.41, 5.74) is 1.52. The van der Waals surface area contributed by atoms with Crippen LogP contribution in [0.3, 0.4) is 0 Å². The number of ether oxygens (including phenoxy) is 1. The summed E-state index contributed by atoms with van der Waals surface area (Å²) in [5, 5.41) is 2.83. The molecule has 2 bridgehead atoms. The molecule has 4 atom stereocenters. The lowest BCUT2D eigenvalue weighted by Gasteiger charge is -2.19. The number of methoxy groups -OCH3 is 1. The van der Waals surface area contributed by atoms with Crippen LogP contribution in [0.15, 0.2) is 48.5 Å². The standard InChI is InChI=1S/C23H22N2O4/c1-29-18-9-7-16(8-10-18)24-21(26)15-3-2-4-17(12-15)25-22(27)19-13-5-6-14(11-13)20(19)23(25)28/h2-4,7-10,12-14,19-20H,5-6,11H2,1H3,(H,24,26)/t13-,14-,19-,20+/m1/s1. The van der Waals surface area contributed by atoms with Crippen molar-refractivity contribution in [3.8, 4) is 5.75 Å². The summed E-state index contributed by atoms with van der Waals surface area (Å²) >= 11 is 0. The van der Waals surface area contributed by atoms with Gasteiger partial charge in [-0.1, -0.05) is 6.07 Å². The van der Waals surface area contributed by atoms with E-state index in [2.05, 4.69) is 5.32 Å². The highest BCUT2D eigenvalue weighted by Crippen LogP contribution is 2.56. The molecule has 1 aliphatic heterocycles. The van der Waals surface area contributed by atoms with Gasteiger partial charge in [-0.25, -0.2) is 0 Å². The fraction of sp³-hybridized carbons (Fsp3) is 0.348. The number of hydrogen-bond donors (Lipinski definition) is 1. The smallest absolute Gasteiger partial charge is 0.255 e. The zero-order chi connectivity index (χ0) is 20.1. The first kappa shape index (κ1) is 17.9. The van der Waals surface area contributed by atoms with E-state index in [-0.39, 0.29) is 29.6 Å². The Morgan fingerprint density at radius 3 is 2.28 bits per heavy atom. The number of nitrogens with one attached hydrogen (secondary N) is 1. The van der Waals surface area contributed by atoms with Gasteiger partial charge in [-0.05, 0) is 73.6 Å². The molecule has 0 radical (unpaired) electrons. The lowest BCUT2D eigenvalue weighted by Crippen LogP contribution is -2.33. The number of rotatable bonds is 4. The molecule has 5 rings (SSSR count). The number of nitrogens with zero attached hydrogens (tertiary/aromatic N) is 1. The number of carbonyl (C=O) groups excluding carboxylic acids is 3. The molecular weight excluding hydrogens is 368 g/mol. The molecule has 2 saturated carbocycles. The van der Waals surface area contributed by atoms with E-state index in [1.165, 1.54) is 4.90 Å². The lowest BCUT2D eigenvalue weighted by molar-refractivity contribution is -0.123. The molecule has 6 nitrogen and oxygen atoms in total. The predicted molar refractivity (Wildman–Crippen MR) is 108 cm³/mol. The Labute approximate surface area is 168 Å². The van der Waals surface area contributed by atoms with Crippen LogP contribution in [0, 0.1) is 23.7 Å². The van der Waals surface area contributed by atoms with E-state index in [1.807, 2.05) is 0 Å². The molecule has 3 fully saturated rings. The Hall–Kier alpha value is -3.15. The van der Waals surface area contributed by atoms with Crippen LogP contribution in [0.25, 0.3) is 0 Å². The van der Waals surface area contributed by atoms with Gasteiger partial charge in [0, 0.05) is 11.3 Å². The number of amides is 3. The van der Waals surface area contributed by atoms with Gasteiger partial charge in [-0.3, -0.25) is 19.3 Å². The Morgan fingerprint density at radius 2 is 1.66 bits per heavy atom. The second-order valence-corrected chi connectivity index (χ2v) is 8.13. The summed E-state index contributed by atoms with van der Waals surface area (Å²) in [7, 11) is 1.58. The highest BCUT2D eigenvalue weighted by atomic mass is 16.5. The average Bonchev–Trinajstić information content (AvgIpc) is 3.42. The van der Waals surface area contributed by atoms with Crippen molar-refractivity contribution in [2.75, 3.05) is 17.3 Å². The van der Waals surface area contributed by atoms with Gasteiger partial charge in [-0.2, -0.15) is 0 Å². The second-order valence-electron chi connectivity index (χ2n) is 8.13. The van der Waals surface area contributed by atoms with E-state index in [0.29, 0.717) is 34.5 Å². The molecule has 0 aromatic heterocycles. The van der Waals surface area contributed by atoms with E-state index in [0.717, 1.165) is 19.3 Å². The largest absolute Gasteiger partial charge is 0.497 e. The van der Waals surface area contributed by atoms with Gasteiger partial charge in [0.05, 0.1) is 24.6 Å². The van der Waals surface area contributed by atoms with Crippen LogP contribution in [-0.2, 0) is 9.59 Å². The highest BCUT2D eigenvalue weighted by Gasteiger charge is 2.61. The van der Waals surface area contributed by atoms with Gasteiger partial charge >= 0.3 is 0 Å². The summed E-state index contributed by atoms with van der Waals surface area (Å²) in [6.45, 7) is 0. The number of benzene rings is 2. The molecule has 0 spiro atoms. The van der Waals surface area contributed by atoms with Gasteiger partial charge in [0.2, 0.25) is 11.8 Å². The maximum Gasteiger partial charge on any atom is 0.255 e. The first-order valence-electron chi connectivity index (χ1n) is 10.00. The molecule has 1 N–H and O–H groups in total. The molecule has 3 amide bonds.